The van der Waals surface area contributed by atoms with Gasteiger partial charge in [0.05, 0.1) is 6.10 Å². The lowest BCUT2D eigenvalue weighted by molar-refractivity contribution is 0.00706. The van der Waals surface area contributed by atoms with Gasteiger partial charge in [0.1, 0.15) is 10.7 Å². The van der Waals surface area contributed by atoms with Crippen LogP contribution in [0.3, 0.4) is 0 Å². The van der Waals surface area contributed by atoms with Crippen LogP contribution in [0.25, 0.3) is 0 Å². The Morgan fingerprint density at radius 1 is 1.68 bits per heavy atom. The van der Waals surface area contributed by atoms with Crippen LogP contribution in [0, 0.1) is 0 Å². The maximum Gasteiger partial charge on any atom is 0.273 e. The van der Waals surface area contributed by atoms with E-state index >= 15 is 0 Å². The van der Waals surface area contributed by atoms with Gasteiger partial charge in [0.25, 0.3) is 5.91 Å². The number of piperidine rings is 1. The molecule has 1 aliphatic rings. The quantitative estimate of drug-likeness (QED) is 0.918. The summed E-state index contributed by atoms with van der Waals surface area (Å²) in [5.41, 5.74) is 6.02. The van der Waals surface area contributed by atoms with Crippen molar-refractivity contribution in [2.75, 3.05) is 19.7 Å². The average Bonchev–Trinajstić information content (AvgIpc) is 2.87. The minimum Gasteiger partial charge on any atom is -0.377 e. The number of amides is 1. The third-order valence-electron chi connectivity index (χ3n) is 3.01. The second kappa shape index (κ2) is 7.79. The number of hydrogen-bond donors (Lipinski definition) is 1. The van der Waals surface area contributed by atoms with Gasteiger partial charge in [-0.25, -0.2) is 4.98 Å². The lowest BCUT2D eigenvalue weighted by Gasteiger charge is -2.32. The molecular weight excluding hydrogens is 286 g/mol. The number of carbonyl (C=O) groups is 1. The van der Waals surface area contributed by atoms with Gasteiger partial charge < -0.3 is 15.4 Å². The molecule has 0 saturated carbocycles. The number of likely N-dealkylation sites (tertiary alicyclic amines) is 1. The summed E-state index contributed by atoms with van der Waals surface area (Å²) in [6.45, 7) is 4.52. The molecule has 7 heteroatoms. The van der Waals surface area contributed by atoms with E-state index in [4.69, 9.17) is 10.5 Å². The zero-order valence-electron chi connectivity index (χ0n) is 11.0. The third-order valence-corrected chi connectivity index (χ3v) is 3.88. The van der Waals surface area contributed by atoms with E-state index in [0.717, 1.165) is 24.4 Å². The first-order chi connectivity index (χ1) is 8.74. The zero-order valence-corrected chi connectivity index (χ0v) is 12.6. The van der Waals surface area contributed by atoms with Crippen LogP contribution in [-0.4, -0.2) is 41.6 Å². The molecule has 1 unspecified atom stereocenters. The molecule has 1 saturated heterocycles. The molecule has 2 heterocycles. The number of halogens is 1. The number of nitrogens with zero attached hydrogens (tertiary/aromatic N) is 2. The van der Waals surface area contributed by atoms with Gasteiger partial charge in [-0.2, -0.15) is 0 Å². The Bertz CT molecular complexity index is 411. The molecule has 1 aromatic heterocycles. The van der Waals surface area contributed by atoms with E-state index in [0.29, 0.717) is 25.4 Å². The van der Waals surface area contributed by atoms with E-state index in [1.807, 2.05) is 11.8 Å². The van der Waals surface area contributed by atoms with Crippen molar-refractivity contribution in [1.82, 2.24) is 9.88 Å². The summed E-state index contributed by atoms with van der Waals surface area (Å²) in [7, 11) is 0. The Kier molecular flexibility index (Phi) is 6.71. The second-order valence-corrected chi connectivity index (χ2v) is 5.24. The fourth-order valence-electron chi connectivity index (χ4n) is 2.16. The first-order valence-corrected chi connectivity index (χ1v) is 7.18. The standard InChI is InChI=1S/C12H19N3O2S.ClH/c1-2-17-9-4-3-5-15(7-9)12(16)10-8-18-11(6-13)14-10;/h8-9H,2-7,13H2,1H3;1H. The normalized spacial score (nSPS) is 19.1. The van der Waals surface area contributed by atoms with Crippen molar-refractivity contribution in [1.29, 1.82) is 0 Å². The number of ether oxygens (including phenoxy) is 1. The zero-order chi connectivity index (χ0) is 13.0. The van der Waals surface area contributed by atoms with E-state index < -0.39 is 0 Å². The van der Waals surface area contributed by atoms with Crippen LogP contribution in [-0.2, 0) is 11.3 Å². The van der Waals surface area contributed by atoms with Gasteiger partial charge in [-0.15, -0.1) is 23.7 Å². The fraction of sp³-hybridized carbons (Fsp3) is 0.667. The van der Waals surface area contributed by atoms with Gasteiger partial charge in [0, 0.05) is 31.6 Å². The Morgan fingerprint density at radius 3 is 3.11 bits per heavy atom. The molecule has 0 aliphatic carbocycles. The number of aromatic nitrogens is 1. The molecule has 2 rings (SSSR count). The lowest BCUT2D eigenvalue weighted by Crippen LogP contribution is -2.43. The molecule has 0 bridgehead atoms. The molecule has 1 aromatic rings. The van der Waals surface area contributed by atoms with Crippen LogP contribution in [0.1, 0.15) is 35.3 Å². The number of nitrogens with two attached hydrogens (primary N) is 1. The summed E-state index contributed by atoms with van der Waals surface area (Å²) in [5.74, 6) is -0.00430. The predicted octanol–water partition coefficient (Wildman–Crippen LogP) is 1.66. The highest BCUT2D eigenvalue weighted by Gasteiger charge is 2.25. The Hall–Kier alpha value is -0.690. The van der Waals surface area contributed by atoms with Gasteiger partial charge in [0.2, 0.25) is 0 Å². The predicted molar refractivity (Wildman–Crippen MR) is 77.8 cm³/mol. The van der Waals surface area contributed by atoms with Crippen molar-refractivity contribution in [3.8, 4) is 0 Å². The van der Waals surface area contributed by atoms with Crippen LogP contribution < -0.4 is 5.73 Å². The molecule has 0 radical (unpaired) electrons. The molecule has 1 atom stereocenters. The van der Waals surface area contributed by atoms with Gasteiger partial charge in [-0.05, 0) is 19.8 Å². The number of thiazole rings is 1. The molecular formula is C12H20ClN3O2S. The largest absolute Gasteiger partial charge is 0.377 e. The van der Waals surface area contributed by atoms with Crippen molar-refractivity contribution in [2.45, 2.75) is 32.4 Å². The van der Waals surface area contributed by atoms with Crippen LogP contribution in [0.5, 0.6) is 0 Å². The van der Waals surface area contributed by atoms with E-state index in [1.54, 1.807) is 5.38 Å². The molecule has 0 aromatic carbocycles. The fourth-order valence-corrected chi connectivity index (χ4v) is 2.81. The highest BCUT2D eigenvalue weighted by atomic mass is 35.5. The molecule has 19 heavy (non-hydrogen) atoms. The van der Waals surface area contributed by atoms with Crippen molar-refractivity contribution >= 4 is 29.7 Å². The molecule has 1 aliphatic heterocycles. The smallest absolute Gasteiger partial charge is 0.273 e. The highest BCUT2D eigenvalue weighted by Crippen LogP contribution is 2.17. The summed E-state index contributed by atoms with van der Waals surface area (Å²) in [6, 6.07) is 0. The van der Waals surface area contributed by atoms with Crippen LogP contribution >= 0.6 is 23.7 Å². The molecule has 2 N–H and O–H groups in total. The maximum atomic E-state index is 12.3. The van der Waals surface area contributed by atoms with Crippen molar-refractivity contribution < 1.29 is 9.53 Å². The molecule has 5 nitrogen and oxygen atoms in total. The summed E-state index contributed by atoms with van der Waals surface area (Å²) in [5, 5.41) is 2.59. The first-order valence-electron chi connectivity index (χ1n) is 6.30. The van der Waals surface area contributed by atoms with E-state index in [-0.39, 0.29) is 24.4 Å². The monoisotopic (exact) mass is 305 g/mol. The minimum atomic E-state index is -0.00430. The maximum absolute atomic E-state index is 12.3. The summed E-state index contributed by atoms with van der Waals surface area (Å²) < 4.78 is 5.59. The summed E-state index contributed by atoms with van der Waals surface area (Å²) in [6.07, 6.45) is 2.19. The van der Waals surface area contributed by atoms with Crippen LogP contribution in [0.2, 0.25) is 0 Å². The first kappa shape index (κ1) is 16.4. The Labute approximate surface area is 123 Å². The van der Waals surface area contributed by atoms with Crippen LogP contribution in [0.4, 0.5) is 0 Å². The average molecular weight is 306 g/mol. The summed E-state index contributed by atoms with van der Waals surface area (Å²) >= 11 is 1.44. The number of hydrogen-bond acceptors (Lipinski definition) is 5. The van der Waals surface area contributed by atoms with E-state index in [1.165, 1.54) is 11.3 Å². The topological polar surface area (TPSA) is 68.5 Å². The molecule has 0 spiro atoms. The Balaban J connectivity index is 0.00000180. The van der Waals surface area contributed by atoms with Gasteiger partial charge in [-0.3, -0.25) is 4.79 Å². The van der Waals surface area contributed by atoms with Crippen molar-refractivity contribution in [3.05, 3.63) is 16.1 Å². The molecule has 1 fully saturated rings. The lowest BCUT2D eigenvalue weighted by atomic mass is 10.1. The number of carbonyl (C=O) groups excluding carboxylic acids is 1. The minimum absolute atomic E-state index is 0. The third kappa shape index (κ3) is 4.14. The van der Waals surface area contributed by atoms with E-state index in [2.05, 4.69) is 4.98 Å². The van der Waals surface area contributed by atoms with Gasteiger partial charge >= 0.3 is 0 Å². The Morgan fingerprint density at radius 2 is 2.47 bits per heavy atom. The second-order valence-electron chi connectivity index (χ2n) is 4.30. The van der Waals surface area contributed by atoms with Crippen molar-refractivity contribution in [3.63, 3.8) is 0 Å². The SMILES string of the molecule is CCOC1CCCN(C(=O)c2csc(CN)n2)C1.Cl. The van der Waals surface area contributed by atoms with E-state index in [9.17, 15) is 4.79 Å². The molecule has 1 amide bonds. The van der Waals surface area contributed by atoms with Crippen molar-refractivity contribution in [2.24, 2.45) is 5.73 Å². The van der Waals surface area contributed by atoms with Crippen LogP contribution in [0.15, 0.2) is 5.38 Å². The van der Waals surface area contributed by atoms with Gasteiger partial charge in [-0.1, -0.05) is 0 Å². The summed E-state index contributed by atoms with van der Waals surface area (Å²) in [4.78, 5) is 18.3. The van der Waals surface area contributed by atoms with Gasteiger partial charge in [0.15, 0.2) is 0 Å². The number of rotatable bonds is 4. The molecule has 108 valence electrons. The highest BCUT2D eigenvalue weighted by molar-refractivity contribution is 7.09.